The first-order valence-corrected chi connectivity index (χ1v) is 7.13. The van der Waals surface area contributed by atoms with Crippen LogP contribution in [0.1, 0.15) is 44.2 Å². The van der Waals surface area contributed by atoms with E-state index in [9.17, 15) is 4.79 Å². The first-order valence-electron chi connectivity index (χ1n) is 7.13. The summed E-state index contributed by atoms with van der Waals surface area (Å²) in [6, 6.07) is 5.73. The first kappa shape index (κ1) is 16.3. The van der Waals surface area contributed by atoms with Crippen molar-refractivity contribution in [3.05, 3.63) is 29.3 Å². The van der Waals surface area contributed by atoms with Crippen LogP contribution in [0.25, 0.3) is 0 Å². The Morgan fingerprint density at radius 3 is 2.65 bits per heavy atom. The molecule has 0 spiro atoms. The fraction of sp³-hybridized carbons (Fsp3) is 0.471. The maximum Gasteiger partial charge on any atom is 0.227 e. The van der Waals surface area contributed by atoms with Gasteiger partial charge in [0.25, 0.3) is 0 Å². The summed E-state index contributed by atoms with van der Waals surface area (Å²) < 4.78 is 0. The highest BCUT2D eigenvalue weighted by molar-refractivity contribution is 5.92. The highest BCUT2D eigenvalue weighted by Crippen LogP contribution is 2.17. The summed E-state index contributed by atoms with van der Waals surface area (Å²) in [5, 5.41) is 11.7. The minimum absolute atomic E-state index is 0.0558. The van der Waals surface area contributed by atoms with Crippen molar-refractivity contribution in [1.29, 1.82) is 0 Å². The topological polar surface area (TPSA) is 49.3 Å². The molecule has 0 atom stereocenters. The molecule has 1 aromatic rings. The summed E-state index contributed by atoms with van der Waals surface area (Å²) in [6.07, 6.45) is 2.15. The summed E-state index contributed by atoms with van der Waals surface area (Å²) in [6.45, 7) is 6.09. The molecule has 0 aliphatic heterocycles. The maximum absolute atomic E-state index is 12.1. The summed E-state index contributed by atoms with van der Waals surface area (Å²) >= 11 is 0. The van der Waals surface area contributed by atoms with Crippen molar-refractivity contribution < 1.29 is 9.90 Å². The Kier molecular flexibility index (Phi) is 6.83. The zero-order chi connectivity index (χ0) is 15.0. The van der Waals surface area contributed by atoms with Crippen molar-refractivity contribution in [2.24, 2.45) is 5.92 Å². The van der Waals surface area contributed by atoms with E-state index >= 15 is 0 Å². The fourth-order valence-corrected chi connectivity index (χ4v) is 1.95. The average molecular weight is 273 g/mol. The quantitative estimate of drug-likeness (QED) is 0.810. The van der Waals surface area contributed by atoms with Crippen molar-refractivity contribution in [1.82, 2.24) is 0 Å². The number of anilines is 1. The van der Waals surface area contributed by atoms with Crippen LogP contribution in [0.5, 0.6) is 0 Å². The number of benzene rings is 1. The monoisotopic (exact) mass is 273 g/mol. The highest BCUT2D eigenvalue weighted by atomic mass is 16.2. The minimum atomic E-state index is 0.0558. The van der Waals surface area contributed by atoms with Crippen LogP contribution >= 0.6 is 0 Å². The van der Waals surface area contributed by atoms with Gasteiger partial charge in [-0.1, -0.05) is 31.8 Å². The van der Waals surface area contributed by atoms with Crippen LogP contribution in [0, 0.1) is 24.7 Å². The van der Waals surface area contributed by atoms with Gasteiger partial charge >= 0.3 is 0 Å². The number of aryl methyl sites for hydroxylation is 1. The molecule has 0 aliphatic carbocycles. The lowest BCUT2D eigenvalue weighted by Crippen LogP contribution is -2.21. The lowest BCUT2D eigenvalue weighted by atomic mass is 10.0. The van der Waals surface area contributed by atoms with Crippen molar-refractivity contribution in [3.63, 3.8) is 0 Å². The van der Waals surface area contributed by atoms with E-state index in [1.165, 1.54) is 0 Å². The molecule has 0 saturated heterocycles. The van der Waals surface area contributed by atoms with E-state index in [0.717, 1.165) is 29.7 Å². The van der Waals surface area contributed by atoms with Gasteiger partial charge in [-0.05, 0) is 37.5 Å². The predicted molar refractivity (Wildman–Crippen MR) is 82.5 cm³/mol. The molecule has 20 heavy (non-hydrogen) atoms. The van der Waals surface area contributed by atoms with Gasteiger partial charge in [-0.25, -0.2) is 0 Å². The second-order valence-electron chi connectivity index (χ2n) is 4.81. The van der Waals surface area contributed by atoms with Gasteiger partial charge in [0, 0.05) is 23.6 Å². The second-order valence-corrected chi connectivity index (χ2v) is 4.81. The molecular weight excluding hydrogens is 250 g/mol. The van der Waals surface area contributed by atoms with Gasteiger partial charge in [0.1, 0.15) is 0 Å². The summed E-state index contributed by atoms with van der Waals surface area (Å²) in [5.74, 6) is 6.05. The third kappa shape index (κ3) is 4.71. The zero-order valence-electron chi connectivity index (χ0n) is 12.5. The Balaban J connectivity index is 2.85. The number of nitrogens with one attached hydrogen (secondary N) is 1. The van der Waals surface area contributed by atoms with Gasteiger partial charge in [0.2, 0.25) is 5.91 Å². The smallest absolute Gasteiger partial charge is 0.227 e. The summed E-state index contributed by atoms with van der Waals surface area (Å²) in [7, 11) is 0. The average Bonchev–Trinajstić information content (AvgIpc) is 2.44. The number of amides is 1. The van der Waals surface area contributed by atoms with Gasteiger partial charge in [-0.15, -0.1) is 0 Å². The Bertz CT molecular complexity index is 507. The van der Waals surface area contributed by atoms with E-state index in [1.54, 1.807) is 0 Å². The molecule has 3 nitrogen and oxygen atoms in total. The lowest BCUT2D eigenvalue weighted by molar-refractivity contribution is -0.120. The summed E-state index contributed by atoms with van der Waals surface area (Å²) in [5.41, 5.74) is 2.73. The highest BCUT2D eigenvalue weighted by Gasteiger charge is 2.14. The van der Waals surface area contributed by atoms with Crippen LogP contribution in [0.2, 0.25) is 0 Å². The van der Waals surface area contributed by atoms with E-state index in [2.05, 4.69) is 17.2 Å². The van der Waals surface area contributed by atoms with E-state index in [0.29, 0.717) is 6.42 Å². The van der Waals surface area contributed by atoms with Crippen LogP contribution in [0.15, 0.2) is 18.2 Å². The van der Waals surface area contributed by atoms with E-state index in [4.69, 9.17) is 5.11 Å². The summed E-state index contributed by atoms with van der Waals surface area (Å²) in [4.78, 5) is 12.1. The van der Waals surface area contributed by atoms with Crippen molar-refractivity contribution >= 4 is 11.6 Å². The first-order chi connectivity index (χ1) is 9.62. The van der Waals surface area contributed by atoms with Gasteiger partial charge in [-0.2, -0.15) is 0 Å². The maximum atomic E-state index is 12.1. The Morgan fingerprint density at radius 1 is 1.35 bits per heavy atom. The van der Waals surface area contributed by atoms with Crippen molar-refractivity contribution in [3.8, 4) is 11.8 Å². The number of aliphatic hydroxyl groups is 1. The molecule has 0 radical (unpaired) electrons. The molecule has 0 heterocycles. The number of carbonyl (C=O) groups excluding carboxylic acids is 1. The SMILES string of the molecule is CCC(CC)C(=O)Nc1ccc(C)c(C#CCCO)c1. The number of hydrogen-bond donors (Lipinski definition) is 2. The number of hydrogen-bond acceptors (Lipinski definition) is 2. The second kappa shape index (κ2) is 8.39. The molecule has 0 aromatic heterocycles. The van der Waals surface area contributed by atoms with Crippen molar-refractivity contribution in [2.45, 2.75) is 40.0 Å². The van der Waals surface area contributed by atoms with Gasteiger partial charge < -0.3 is 10.4 Å². The van der Waals surface area contributed by atoms with E-state index in [1.807, 2.05) is 39.0 Å². The lowest BCUT2D eigenvalue weighted by Gasteiger charge is -2.13. The minimum Gasteiger partial charge on any atom is -0.395 e. The molecule has 0 bridgehead atoms. The molecule has 3 heteroatoms. The molecule has 2 N–H and O–H groups in total. The Morgan fingerprint density at radius 2 is 2.05 bits per heavy atom. The van der Waals surface area contributed by atoms with Gasteiger partial charge in [-0.3, -0.25) is 4.79 Å². The molecule has 0 saturated carbocycles. The van der Waals surface area contributed by atoms with E-state index in [-0.39, 0.29) is 18.4 Å². The molecule has 0 unspecified atom stereocenters. The molecule has 108 valence electrons. The van der Waals surface area contributed by atoms with Crippen LogP contribution in [0.4, 0.5) is 5.69 Å². The molecule has 1 aromatic carbocycles. The standard InChI is InChI=1S/C17H23NO2/c1-4-14(5-2)17(20)18-16-10-9-13(3)15(12-16)8-6-7-11-19/h9-10,12,14,19H,4-5,7,11H2,1-3H3,(H,18,20). The molecule has 1 rings (SSSR count). The van der Waals surface area contributed by atoms with Crippen molar-refractivity contribution in [2.75, 3.05) is 11.9 Å². The number of aliphatic hydroxyl groups excluding tert-OH is 1. The molecule has 0 aliphatic rings. The Hall–Kier alpha value is -1.79. The predicted octanol–water partition coefficient (Wildman–Crippen LogP) is 3.10. The third-order valence-electron chi connectivity index (χ3n) is 3.32. The Labute approximate surface area is 121 Å². The van der Waals surface area contributed by atoms with Crippen LogP contribution < -0.4 is 5.32 Å². The molecule has 1 amide bonds. The normalized spacial score (nSPS) is 10.1. The zero-order valence-corrected chi connectivity index (χ0v) is 12.5. The number of rotatable bonds is 5. The van der Waals surface area contributed by atoms with E-state index < -0.39 is 0 Å². The largest absolute Gasteiger partial charge is 0.395 e. The van der Waals surface area contributed by atoms with Gasteiger partial charge in [0.05, 0.1) is 6.61 Å². The molecule has 0 fully saturated rings. The van der Waals surface area contributed by atoms with Gasteiger partial charge in [0.15, 0.2) is 0 Å². The van der Waals surface area contributed by atoms with Crippen LogP contribution in [-0.2, 0) is 4.79 Å². The molecular formula is C17H23NO2. The van der Waals surface area contributed by atoms with Crippen LogP contribution in [0.3, 0.4) is 0 Å². The van der Waals surface area contributed by atoms with Crippen LogP contribution in [-0.4, -0.2) is 17.6 Å². The number of carbonyl (C=O) groups is 1. The third-order valence-corrected chi connectivity index (χ3v) is 3.32. The fourth-order valence-electron chi connectivity index (χ4n) is 1.95.